The molecule has 2 aromatic heterocycles. The van der Waals surface area contributed by atoms with Gasteiger partial charge in [-0.05, 0) is 35.3 Å². The Morgan fingerprint density at radius 2 is 1.59 bits per heavy atom. The van der Waals surface area contributed by atoms with Crippen LogP contribution in [-0.2, 0) is 9.53 Å². The molecule has 7 nitrogen and oxygen atoms in total. The lowest BCUT2D eigenvalue weighted by molar-refractivity contribution is -0.118. The van der Waals surface area contributed by atoms with E-state index in [-0.39, 0.29) is 33.5 Å². The van der Waals surface area contributed by atoms with Gasteiger partial charge in [-0.2, -0.15) is 5.10 Å². The molecular formula is C36H27ClN2O5. The zero-order chi connectivity index (χ0) is 30.6. The summed E-state index contributed by atoms with van der Waals surface area (Å²) in [6.07, 6.45) is 3.82. The molecule has 7 rings (SSSR count). The number of carbonyl (C=O) groups excluding carboxylic acids is 1. The lowest BCUT2D eigenvalue weighted by atomic mass is 9.71. The lowest BCUT2D eigenvalue weighted by Gasteiger charge is -2.36. The number of aromatic amines is 1. The molecule has 8 heteroatoms. The maximum absolute atomic E-state index is 13.9. The van der Waals surface area contributed by atoms with E-state index >= 15 is 0 Å². The van der Waals surface area contributed by atoms with Crippen LogP contribution in [0.4, 0.5) is 0 Å². The summed E-state index contributed by atoms with van der Waals surface area (Å²) < 4.78 is 12.4. The molecule has 5 aromatic rings. The Bertz CT molecular complexity index is 2140. The fraction of sp³-hybridized carbons (Fsp3) is 0.167. The quantitative estimate of drug-likeness (QED) is 0.226. The SMILES string of the molecule is CC1(C)CC(=O)C2=C(C1)OC(c1c(-c3ccccc3)c(-c3ccccc3)n[nH]c1=O)=CC2c1coc2ccc(Cl)cc2c1=O. The van der Waals surface area contributed by atoms with Crippen molar-refractivity contribution in [2.24, 2.45) is 5.41 Å². The molecule has 0 amide bonds. The topological polar surface area (TPSA) is 102 Å². The number of allylic oxidation sites excluding steroid dienone is 3. The predicted molar refractivity (Wildman–Crippen MR) is 170 cm³/mol. The number of Topliss-reactive ketones (excluding diaryl/α,β-unsaturated/α-hetero) is 1. The number of aromatic nitrogens is 2. The Morgan fingerprint density at radius 3 is 2.32 bits per heavy atom. The number of ketones is 1. The second kappa shape index (κ2) is 10.6. The van der Waals surface area contributed by atoms with E-state index in [0.29, 0.717) is 51.4 Å². The number of nitrogens with one attached hydrogen (secondary N) is 1. The fourth-order valence-electron chi connectivity index (χ4n) is 6.21. The van der Waals surface area contributed by atoms with Crippen molar-refractivity contribution in [2.75, 3.05) is 0 Å². The minimum absolute atomic E-state index is 0.112. The number of rotatable bonds is 4. The summed E-state index contributed by atoms with van der Waals surface area (Å²) in [5, 5.41) is 7.83. The van der Waals surface area contributed by atoms with Crippen LogP contribution in [0, 0.1) is 5.41 Å². The minimum Gasteiger partial charge on any atom is -0.464 e. The third-order valence-corrected chi connectivity index (χ3v) is 8.41. The normalized spacial score (nSPS) is 17.7. The molecule has 1 unspecified atom stereocenters. The molecule has 1 aliphatic heterocycles. The van der Waals surface area contributed by atoms with E-state index < -0.39 is 11.5 Å². The third-order valence-electron chi connectivity index (χ3n) is 8.18. The molecule has 0 radical (unpaired) electrons. The molecule has 0 spiro atoms. The van der Waals surface area contributed by atoms with Crippen molar-refractivity contribution in [3.8, 4) is 22.4 Å². The van der Waals surface area contributed by atoms with Crippen LogP contribution in [-0.4, -0.2) is 16.0 Å². The first-order valence-corrected chi connectivity index (χ1v) is 14.7. The van der Waals surface area contributed by atoms with Crippen molar-refractivity contribution < 1.29 is 13.9 Å². The van der Waals surface area contributed by atoms with Crippen molar-refractivity contribution in [1.82, 2.24) is 10.2 Å². The van der Waals surface area contributed by atoms with Crippen molar-refractivity contribution in [3.05, 3.63) is 139 Å². The Labute approximate surface area is 257 Å². The number of fused-ring (bicyclic) bond motifs is 1. The Morgan fingerprint density at radius 1 is 0.886 bits per heavy atom. The molecule has 44 heavy (non-hydrogen) atoms. The van der Waals surface area contributed by atoms with Crippen LogP contribution >= 0.6 is 11.6 Å². The van der Waals surface area contributed by atoms with Gasteiger partial charge in [-0.25, -0.2) is 5.10 Å². The van der Waals surface area contributed by atoms with Crippen molar-refractivity contribution in [3.63, 3.8) is 0 Å². The summed E-state index contributed by atoms with van der Waals surface area (Å²) in [5.74, 6) is -0.243. The molecule has 1 N–H and O–H groups in total. The minimum atomic E-state index is -0.812. The highest BCUT2D eigenvalue weighted by Gasteiger charge is 2.42. The van der Waals surface area contributed by atoms with E-state index in [9.17, 15) is 14.4 Å². The fourth-order valence-corrected chi connectivity index (χ4v) is 6.38. The second-order valence-corrected chi connectivity index (χ2v) is 12.4. The maximum atomic E-state index is 13.9. The molecular weight excluding hydrogens is 576 g/mol. The van der Waals surface area contributed by atoms with Crippen LogP contribution in [0.2, 0.25) is 5.02 Å². The second-order valence-electron chi connectivity index (χ2n) is 11.9. The molecule has 0 saturated carbocycles. The molecule has 0 fully saturated rings. The van der Waals surface area contributed by atoms with Crippen molar-refractivity contribution in [1.29, 1.82) is 0 Å². The van der Waals surface area contributed by atoms with Gasteiger partial charge in [0.1, 0.15) is 17.1 Å². The number of H-pyrrole nitrogens is 1. The van der Waals surface area contributed by atoms with Crippen LogP contribution in [0.25, 0.3) is 39.1 Å². The van der Waals surface area contributed by atoms with E-state index in [1.807, 2.05) is 74.5 Å². The van der Waals surface area contributed by atoms with Gasteiger partial charge in [0, 0.05) is 46.0 Å². The number of carbonyl (C=O) groups is 1. The molecule has 1 atom stereocenters. The van der Waals surface area contributed by atoms with Crippen LogP contribution in [0.1, 0.15) is 43.7 Å². The van der Waals surface area contributed by atoms with Gasteiger partial charge >= 0.3 is 0 Å². The van der Waals surface area contributed by atoms with Crippen LogP contribution in [0.3, 0.4) is 0 Å². The monoisotopic (exact) mass is 602 g/mol. The summed E-state index contributed by atoms with van der Waals surface area (Å²) >= 11 is 6.24. The number of ether oxygens (including phenoxy) is 1. The predicted octanol–water partition coefficient (Wildman–Crippen LogP) is 7.66. The van der Waals surface area contributed by atoms with Gasteiger partial charge in [0.2, 0.25) is 0 Å². The number of hydrogen-bond donors (Lipinski definition) is 1. The van der Waals surface area contributed by atoms with Gasteiger partial charge in [0.15, 0.2) is 11.2 Å². The summed E-state index contributed by atoms with van der Waals surface area (Å²) in [4.78, 5) is 41.4. The van der Waals surface area contributed by atoms with Crippen LogP contribution < -0.4 is 11.0 Å². The highest BCUT2D eigenvalue weighted by Crippen LogP contribution is 2.48. The maximum Gasteiger partial charge on any atom is 0.275 e. The van der Waals surface area contributed by atoms with E-state index in [2.05, 4.69) is 10.2 Å². The average Bonchev–Trinajstić information content (AvgIpc) is 3.01. The largest absolute Gasteiger partial charge is 0.464 e. The highest BCUT2D eigenvalue weighted by molar-refractivity contribution is 6.31. The van der Waals surface area contributed by atoms with E-state index in [0.717, 1.165) is 11.1 Å². The molecule has 2 aliphatic rings. The number of hydrogen-bond acceptors (Lipinski definition) is 6. The van der Waals surface area contributed by atoms with E-state index in [1.165, 1.54) is 6.26 Å². The van der Waals surface area contributed by atoms with Gasteiger partial charge in [-0.15, -0.1) is 0 Å². The summed E-state index contributed by atoms with van der Waals surface area (Å²) in [6.45, 7) is 4.00. The molecule has 0 bridgehead atoms. The molecule has 218 valence electrons. The lowest BCUT2D eigenvalue weighted by Crippen LogP contribution is -2.32. The van der Waals surface area contributed by atoms with Gasteiger partial charge < -0.3 is 9.15 Å². The Balaban J connectivity index is 1.51. The first-order valence-electron chi connectivity index (χ1n) is 14.3. The van der Waals surface area contributed by atoms with Gasteiger partial charge in [-0.1, -0.05) is 86.1 Å². The van der Waals surface area contributed by atoms with Gasteiger partial charge in [0.25, 0.3) is 5.56 Å². The summed E-state index contributed by atoms with van der Waals surface area (Å²) in [6, 6.07) is 23.9. The number of halogens is 1. The number of nitrogens with zero attached hydrogens (tertiary/aromatic N) is 1. The summed E-state index contributed by atoms with van der Waals surface area (Å²) in [5.41, 5.74) is 2.85. The van der Waals surface area contributed by atoms with Crippen molar-refractivity contribution >= 4 is 34.1 Å². The molecule has 3 heterocycles. The summed E-state index contributed by atoms with van der Waals surface area (Å²) in [7, 11) is 0. The Hall–Kier alpha value is -5.01. The van der Waals surface area contributed by atoms with Gasteiger partial charge in [0.05, 0.1) is 22.9 Å². The standard InChI is InChI=1S/C36H27ClN2O5/c1-36(2)17-26(40)31-23(25-19-43-27-14-13-22(37)15-24(27)34(25)41)16-28(44-29(31)18-36)32-30(20-9-5-3-6-10-20)33(38-39-35(32)42)21-11-7-4-8-12-21/h3-16,19,23H,17-18H2,1-2H3,(H,39,42). The zero-order valence-electron chi connectivity index (χ0n) is 24.0. The molecule has 1 aliphatic carbocycles. The first-order chi connectivity index (χ1) is 21.2. The third kappa shape index (κ3) is 4.79. The highest BCUT2D eigenvalue weighted by atomic mass is 35.5. The van der Waals surface area contributed by atoms with Crippen molar-refractivity contribution in [2.45, 2.75) is 32.6 Å². The average molecular weight is 603 g/mol. The molecule has 0 saturated heterocycles. The molecule has 3 aromatic carbocycles. The first kappa shape index (κ1) is 27.8. The number of benzene rings is 3. The smallest absolute Gasteiger partial charge is 0.275 e. The van der Waals surface area contributed by atoms with Crippen LogP contribution in [0.15, 0.2) is 117 Å². The zero-order valence-corrected chi connectivity index (χ0v) is 24.8. The van der Waals surface area contributed by atoms with E-state index in [4.69, 9.17) is 20.8 Å². The van der Waals surface area contributed by atoms with Crippen LogP contribution in [0.5, 0.6) is 0 Å². The van der Waals surface area contributed by atoms with E-state index in [1.54, 1.807) is 24.3 Å². The van der Waals surface area contributed by atoms with Gasteiger partial charge in [-0.3, -0.25) is 14.4 Å². The Kier molecular flexibility index (Phi) is 6.70.